The van der Waals surface area contributed by atoms with E-state index in [4.69, 9.17) is 0 Å². The molecule has 0 aliphatic rings. The lowest BCUT2D eigenvalue weighted by Crippen LogP contribution is -2.12. The van der Waals surface area contributed by atoms with Crippen LogP contribution in [0.15, 0.2) is 72.1 Å². The maximum Gasteiger partial charge on any atom is 0.258 e. The largest absolute Gasteiger partial charge is 0.298 e. The minimum atomic E-state index is -0.139. The van der Waals surface area contributed by atoms with Crippen molar-refractivity contribution in [2.75, 3.05) is 5.32 Å². The van der Waals surface area contributed by atoms with E-state index in [1.165, 1.54) is 14.9 Å². The van der Waals surface area contributed by atoms with Gasteiger partial charge in [0.1, 0.15) is 0 Å². The third-order valence-corrected chi connectivity index (χ3v) is 5.38. The molecule has 4 aromatic rings. The predicted octanol–water partition coefficient (Wildman–Crippen LogP) is 5.82. The average Bonchev–Trinajstić information content (AvgIpc) is 3.10. The Morgan fingerprint density at radius 2 is 1.72 bits per heavy atom. The molecule has 3 aromatic carbocycles. The number of hydrogen-bond donors (Lipinski definition) is 1. The highest BCUT2D eigenvalue weighted by Gasteiger charge is 2.12. The molecule has 1 heterocycles. The highest BCUT2D eigenvalue weighted by atomic mass is 127. The van der Waals surface area contributed by atoms with E-state index >= 15 is 0 Å². The Bertz CT molecular complexity index is 1050. The Kier molecular flexibility index (Phi) is 4.50. The van der Waals surface area contributed by atoms with Crippen LogP contribution in [0.5, 0.6) is 0 Å². The van der Waals surface area contributed by atoms with Gasteiger partial charge < -0.3 is 0 Å². The van der Waals surface area contributed by atoms with E-state index in [9.17, 15) is 4.79 Å². The Morgan fingerprint density at radius 1 is 0.960 bits per heavy atom. The Hall–Kier alpha value is -2.25. The van der Waals surface area contributed by atoms with Gasteiger partial charge in [0.05, 0.1) is 5.69 Å². The Morgan fingerprint density at radius 3 is 2.56 bits per heavy atom. The first-order valence-corrected chi connectivity index (χ1v) is 9.67. The fourth-order valence-corrected chi connectivity index (χ4v) is 3.75. The van der Waals surface area contributed by atoms with Crippen LogP contribution in [0, 0.1) is 3.57 Å². The SMILES string of the molecule is O=C(Nc1nc(-c2ccc(I)cc2)cs1)c1cccc2ccccc12. The second kappa shape index (κ2) is 6.93. The summed E-state index contributed by atoms with van der Waals surface area (Å²) in [6.45, 7) is 0. The number of carbonyl (C=O) groups is 1. The molecule has 0 saturated carbocycles. The molecule has 0 fully saturated rings. The van der Waals surface area contributed by atoms with E-state index in [2.05, 4.69) is 32.9 Å². The summed E-state index contributed by atoms with van der Waals surface area (Å²) in [6.07, 6.45) is 0. The van der Waals surface area contributed by atoms with Crippen LogP contribution in [0.2, 0.25) is 0 Å². The topological polar surface area (TPSA) is 42.0 Å². The van der Waals surface area contributed by atoms with Crippen LogP contribution in [-0.2, 0) is 0 Å². The molecule has 1 N–H and O–H groups in total. The lowest BCUT2D eigenvalue weighted by atomic mass is 10.0. The second-order valence-corrected chi connectivity index (χ2v) is 7.63. The van der Waals surface area contributed by atoms with Crippen LogP contribution in [0.25, 0.3) is 22.0 Å². The van der Waals surface area contributed by atoms with E-state index in [0.29, 0.717) is 10.7 Å². The molecule has 5 heteroatoms. The summed E-state index contributed by atoms with van der Waals surface area (Å²) in [5.74, 6) is -0.139. The van der Waals surface area contributed by atoms with Crippen LogP contribution in [-0.4, -0.2) is 10.9 Å². The number of nitrogens with one attached hydrogen (secondary N) is 1. The molecule has 4 rings (SSSR count). The van der Waals surface area contributed by atoms with Gasteiger partial charge in [0.2, 0.25) is 0 Å². The fraction of sp³-hybridized carbons (Fsp3) is 0. The van der Waals surface area contributed by atoms with Crippen LogP contribution in [0.3, 0.4) is 0 Å². The zero-order chi connectivity index (χ0) is 17.2. The van der Waals surface area contributed by atoms with Gasteiger partial charge in [-0.3, -0.25) is 10.1 Å². The molecule has 0 atom stereocenters. The smallest absolute Gasteiger partial charge is 0.258 e. The van der Waals surface area contributed by atoms with E-state index in [-0.39, 0.29) is 5.91 Å². The number of amides is 1. The van der Waals surface area contributed by atoms with E-state index < -0.39 is 0 Å². The number of carbonyl (C=O) groups excluding carboxylic acids is 1. The highest BCUT2D eigenvalue weighted by Crippen LogP contribution is 2.26. The number of benzene rings is 3. The molecule has 1 aromatic heterocycles. The van der Waals surface area contributed by atoms with Crippen molar-refractivity contribution in [2.24, 2.45) is 0 Å². The zero-order valence-corrected chi connectivity index (χ0v) is 16.0. The first-order chi connectivity index (χ1) is 12.2. The summed E-state index contributed by atoms with van der Waals surface area (Å²) in [4.78, 5) is 17.2. The van der Waals surface area contributed by atoms with Gasteiger partial charge >= 0.3 is 0 Å². The third kappa shape index (κ3) is 3.43. The summed E-state index contributed by atoms with van der Waals surface area (Å²) >= 11 is 3.71. The number of halogens is 1. The Balaban J connectivity index is 1.60. The molecular weight excluding hydrogens is 443 g/mol. The molecule has 1 amide bonds. The number of rotatable bonds is 3. The van der Waals surface area contributed by atoms with Crippen molar-refractivity contribution in [1.82, 2.24) is 4.98 Å². The molecule has 0 spiro atoms. The maximum atomic E-state index is 12.7. The number of thiazole rings is 1. The molecule has 0 bridgehead atoms. The van der Waals surface area contributed by atoms with Gasteiger partial charge in [0.15, 0.2) is 5.13 Å². The van der Waals surface area contributed by atoms with Crippen molar-refractivity contribution in [3.05, 3.63) is 81.2 Å². The second-order valence-electron chi connectivity index (χ2n) is 5.53. The summed E-state index contributed by atoms with van der Waals surface area (Å²) in [5.41, 5.74) is 2.57. The van der Waals surface area contributed by atoms with E-state index in [1.807, 2.05) is 72.1 Å². The number of anilines is 1. The van der Waals surface area contributed by atoms with Gasteiger partial charge in [-0.25, -0.2) is 4.98 Å². The molecule has 0 aliphatic carbocycles. The van der Waals surface area contributed by atoms with Crippen molar-refractivity contribution >= 4 is 55.7 Å². The summed E-state index contributed by atoms with van der Waals surface area (Å²) in [7, 11) is 0. The predicted molar refractivity (Wildman–Crippen MR) is 112 cm³/mol. The lowest BCUT2D eigenvalue weighted by Gasteiger charge is -2.06. The van der Waals surface area contributed by atoms with Gasteiger partial charge in [-0.2, -0.15) is 0 Å². The quantitative estimate of drug-likeness (QED) is 0.395. The van der Waals surface area contributed by atoms with Crippen LogP contribution < -0.4 is 5.32 Å². The number of aromatic nitrogens is 1. The summed E-state index contributed by atoms with van der Waals surface area (Å²) in [6, 6.07) is 21.8. The van der Waals surface area contributed by atoms with Gasteiger partial charge in [-0.05, 0) is 51.6 Å². The van der Waals surface area contributed by atoms with Crippen LogP contribution in [0.1, 0.15) is 10.4 Å². The van der Waals surface area contributed by atoms with Crippen molar-refractivity contribution in [3.63, 3.8) is 0 Å². The highest BCUT2D eigenvalue weighted by molar-refractivity contribution is 14.1. The number of hydrogen-bond acceptors (Lipinski definition) is 3. The molecule has 0 radical (unpaired) electrons. The summed E-state index contributed by atoms with van der Waals surface area (Å²) < 4.78 is 1.18. The maximum absolute atomic E-state index is 12.7. The third-order valence-electron chi connectivity index (χ3n) is 3.90. The van der Waals surface area contributed by atoms with Crippen molar-refractivity contribution < 1.29 is 4.79 Å². The van der Waals surface area contributed by atoms with Crippen LogP contribution in [0.4, 0.5) is 5.13 Å². The van der Waals surface area contributed by atoms with Gasteiger partial charge in [0, 0.05) is 20.1 Å². The van der Waals surface area contributed by atoms with Gasteiger partial charge in [-0.15, -0.1) is 11.3 Å². The van der Waals surface area contributed by atoms with Crippen molar-refractivity contribution in [3.8, 4) is 11.3 Å². The van der Waals surface area contributed by atoms with E-state index in [0.717, 1.165) is 22.0 Å². The lowest BCUT2D eigenvalue weighted by molar-refractivity contribution is 0.102. The monoisotopic (exact) mass is 456 g/mol. The van der Waals surface area contributed by atoms with Gasteiger partial charge in [-0.1, -0.05) is 48.5 Å². The zero-order valence-electron chi connectivity index (χ0n) is 13.1. The molecule has 0 aliphatic heterocycles. The molecule has 0 saturated heterocycles. The molecule has 25 heavy (non-hydrogen) atoms. The fourth-order valence-electron chi connectivity index (χ4n) is 2.67. The molecule has 3 nitrogen and oxygen atoms in total. The van der Waals surface area contributed by atoms with Crippen LogP contribution >= 0.6 is 33.9 Å². The standard InChI is InChI=1S/C20H13IN2OS/c21-15-10-8-14(9-11-15)18-12-25-20(22-18)23-19(24)17-7-3-5-13-4-1-2-6-16(13)17/h1-12H,(H,22,23,24). The molecule has 0 unspecified atom stereocenters. The molecular formula is C20H13IN2OS. The van der Waals surface area contributed by atoms with Gasteiger partial charge in [0.25, 0.3) is 5.91 Å². The first-order valence-electron chi connectivity index (χ1n) is 7.71. The minimum absolute atomic E-state index is 0.139. The molecule has 122 valence electrons. The normalized spacial score (nSPS) is 10.8. The van der Waals surface area contributed by atoms with E-state index in [1.54, 1.807) is 0 Å². The number of nitrogens with zero attached hydrogens (tertiary/aromatic N) is 1. The first kappa shape index (κ1) is 16.2. The average molecular weight is 456 g/mol. The minimum Gasteiger partial charge on any atom is -0.298 e. The summed E-state index contributed by atoms with van der Waals surface area (Å²) in [5, 5.41) is 7.47. The van der Waals surface area contributed by atoms with Crippen molar-refractivity contribution in [1.29, 1.82) is 0 Å². The van der Waals surface area contributed by atoms with Crippen molar-refractivity contribution in [2.45, 2.75) is 0 Å². The Labute approximate surface area is 162 Å². The number of fused-ring (bicyclic) bond motifs is 1.